The monoisotopic (exact) mass is 382 g/mol. The number of nitrogens with zero attached hydrogens (tertiary/aromatic N) is 2. The molecule has 0 aliphatic rings. The first kappa shape index (κ1) is 19.4. The van der Waals surface area contributed by atoms with Crippen LogP contribution in [0.3, 0.4) is 0 Å². The van der Waals surface area contributed by atoms with Gasteiger partial charge in [-0.1, -0.05) is 39.0 Å². The normalized spacial score (nSPS) is 11.2. The number of hydrogen-bond acceptors (Lipinski definition) is 4. The lowest BCUT2D eigenvalue weighted by molar-refractivity contribution is 0.102. The smallest absolute Gasteiger partial charge is 0.275 e. The van der Waals surface area contributed by atoms with Crippen molar-refractivity contribution in [2.45, 2.75) is 26.2 Å². The minimum absolute atomic E-state index is 0.0224. The van der Waals surface area contributed by atoms with Crippen LogP contribution in [0.5, 0.6) is 0 Å². The van der Waals surface area contributed by atoms with Gasteiger partial charge in [-0.3, -0.25) is 4.79 Å². The highest BCUT2D eigenvalue weighted by Crippen LogP contribution is 2.24. The first-order valence-electron chi connectivity index (χ1n) is 8.69. The highest BCUT2D eigenvalue weighted by atomic mass is 19.1. The van der Waals surface area contributed by atoms with E-state index < -0.39 is 17.5 Å². The van der Waals surface area contributed by atoms with Crippen molar-refractivity contribution < 1.29 is 13.6 Å². The molecule has 3 rings (SSSR count). The van der Waals surface area contributed by atoms with E-state index in [0.717, 1.165) is 17.7 Å². The van der Waals surface area contributed by atoms with Crippen LogP contribution in [-0.2, 0) is 5.41 Å². The van der Waals surface area contributed by atoms with Crippen LogP contribution in [0.25, 0.3) is 0 Å². The SMILES string of the molecule is CC(C)(C)c1ccc(NC(=O)c2cnc(Nc3c(F)cccc3F)cn2)cc1. The highest BCUT2D eigenvalue weighted by molar-refractivity contribution is 6.02. The Bertz CT molecular complexity index is 961. The summed E-state index contributed by atoms with van der Waals surface area (Å²) in [5.74, 6) is -1.81. The standard InChI is InChI=1S/C21H20F2N4O/c1-21(2,3)13-7-9-14(10-8-13)26-20(28)17-11-25-18(12-24-17)27-19-15(22)5-4-6-16(19)23/h4-12H,1-3H3,(H,25,27)(H,26,28). The van der Waals surface area contributed by atoms with Gasteiger partial charge < -0.3 is 10.6 Å². The number of rotatable bonds is 4. The van der Waals surface area contributed by atoms with E-state index >= 15 is 0 Å². The molecule has 2 N–H and O–H groups in total. The lowest BCUT2D eigenvalue weighted by atomic mass is 9.87. The Morgan fingerprint density at radius 2 is 1.57 bits per heavy atom. The Kier molecular flexibility index (Phi) is 5.35. The molecule has 0 aliphatic heterocycles. The average molecular weight is 382 g/mol. The Morgan fingerprint density at radius 3 is 2.11 bits per heavy atom. The largest absolute Gasteiger partial charge is 0.334 e. The van der Waals surface area contributed by atoms with Gasteiger partial charge in [0.15, 0.2) is 0 Å². The minimum Gasteiger partial charge on any atom is -0.334 e. The number of benzene rings is 2. The number of anilines is 3. The zero-order valence-electron chi connectivity index (χ0n) is 15.8. The molecule has 1 aromatic heterocycles. The second-order valence-corrected chi connectivity index (χ2v) is 7.29. The molecule has 0 saturated heterocycles. The molecule has 144 valence electrons. The van der Waals surface area contributed by atoms with Gasteiger partial charge in [0, 0.05) is 5.69 Å². The average Bonchev–Trinajstić information content (AvgIpc) is 2.65. The summed E-state index contributed by atoms with van der Waals surface area (Å²) in [5, 5.41) is 5.26. The number of hydrogen-bond donors (Lipinski definition) is 2. The lowest BCUT2D eigenvalue weighted by Crippen LogP contribution is -2.15. The molecule has 0 fully saturated rings. The van der Waals surface area contributed by atoms with Crippen LogP contribution in [0.1, 0.15) is 36.8 Å². The van der Waals surface area contributed by atoms with Crippen LogP contribution < -0.4 is 10.6 Å². The third-order valence-corrected chi connectivity index (χ3v) is 4.11. The predicted molar refractivity (Wildman–Crippen MR) is 105 cm³/mol. The molecule has 5 nitrogen and oxygen atoms in total. The van der Waals surface area contributed by atoms with Crippen molar-refractivity contribution in [3.63, 3.8) is 0 Å². The van der Waals surface area contributed by atoms with E-state index in [1.807, 2.05) is 24.3 Å². The number of amides is 1. The Morgan fingerprint density at radius 1 is 0.929 bits per heavy atom. The molecular formula is C21H20F2N4O. The van der Waals surface area contributed by atoms with E-state index in [0.29, 0.717) is 5.69 Å². The van der Waals surface area contributed by atoms with Crippen LogP contribution in [0.15, 0.2) is 54.9 Å². The molecule has 7 heteroatoms. The van der Waals surface area contributed by atoms with Crippen LogP contribution >= 0.6 is 0 Å². The van der Waals surface area contributed by atoms with E-state index in [-0.39, 0.29) is 22.6 Å². The summed E-state index contributed by atoms with van der Waals surface area (Å²) in [4.78, 5) is 20.3. The molecule has 0 spiro atoms. The number of carbonyl (C=O) groups excluding carboxylic acids is 1. The van der Waals surface area contributed by atoms with E-state index in [4.69, 9.17) is 0 Å². The predicted octanol–water partition coefficient (Wildman–Crippen LogP) is 5.05. The lowest BCUT2D eigenvalue weighted by Gasteiger charge is -2.19. The zero-order valence-corrected chi connectivity index (χ0v) is 15.8. The number of halogens is 2. The van der Waals surface area contributed by atoms with Crippen molar-refractivity contribution in [2.24, 2.45) is 0 Å². The highest BCUT2D eigenvalue weighted by Gasteiger charge is 2.14. The van der Waals surface area contributed by atoms with Crippen LogP contribution in [0, 0.1) is 11.6 Å². The fraction of sp³-hybridized carbons (Fsp3) is 0.190. The third kappa shape index (κ3) is 4.49. The van der Waals surface area contributed by atoms with Crippen LogP contribution in [-0.4, -0.2) is 15.9 Å². The van der Waals surface area contributed by atoms with Crippen LogP contribution in [0.2, 0.25) is 0 Å². The molecule has 0 radical (unpaired) electrons. The van der Waals surface area contributed by atoms with Crippen molar-refractivity contribution in [3.05, 3.63) is 77.8 Å². The zero-order chi connectivity index (χ0) is 20.3. The van der Waals surface area contributed by atoms with Crippen molar-refractivity contribution in [1.29, 1.82) is 0 Å². The van der Waals surface area contributed by atoms with Crippen molar-refractivity contribution >= 4 is 23.1 Å². The molecule has 1 amide bonds. The maximum atomic E-state index is 13.7. The summed E-state index contributed by atoms with van der Waals surface area (Å²) in [6.45, 7) is 6.33. The summed E-state index contributed by atoms with van der Waals surface area (Å²) < 4.78 is 27.3. The Labute approximate surface area is 161 Å². The van der Waals surface area contributed by atoms with Gasteiger partial charge in [-0.2, -0.15) is 0 Å². The molecule has 0 aliphatic carbocycles. The molecule has 3 aromatic rings. The molecule has 0 atom stereocenters. The van der Waals surface area contributed by atoms with Gasteiger partial charge in [-0.15, -0.1) is 0 Å². The molecule has 0 saturated carbocycles. The first-order valence-corrected chi connectivity index (χ1v) is 8.69. The summed E-state index contributed by atoms with van der Waals surface area (Å²) in [6, 6.07) is 11.1. The van der Waals surface area contributed by atoms with Gasteiger partial charge in [-0.25, -0.2) is 18.7 Å². The summed E-state index contributed by atoms with van der Waals surface area (Å²) >= 11 is 0. The molecule has 0 bridgehead atoms. The fourth-order valence-corrected chi connectivity index (χ4v) is 2.50. The fourth-order valence-electron chi connectivity index (χ4n) is 2.50. The summed E-state index contributed by atoms with van der Waals surface area (Å²) in [5.41, 5.74) is 1.57. The molecular weight excluding hydrogens is 362 g/mol. The van der Waals surface area contributed by atoms with E-state index in [9.17, 15) is 13.6 Å². The van der Waals surface area contributed by atoms with E-state index in [2.05, 4.69) is 41.4 Å². The number of nitrogens with one attached hydrogen (secondary N) is 2. The van der Waals surface area contributed by atoms with Gasteiger partial charge in [0.1, 0.15) is 28.8 Å². The van der Waals surface area contributed by atoms with Gasteiger partial charge in [0.2, 0.25) is 0 Å². The number of carbonyl (C=O) groups is 1. The first-order chi connectivity index (χ1) is 13.2. The topological polar surface area (TPSA) is 66.9 Å². The quantitative estimate of drug-likeness (QED) is 0.663. The van der Waals surface area contributed by atoms with Gasteiger partial charge >= 0.3 is 0 Å². The van der Waals surface area contributed by atoms with Crippen molar-refractivity contribution in [3.8, 4) is 0 Å². The number of para-hydroxylation sites is 1. The summed E-state index contributed by atoms with van der Waals surface area (Å²) in [6.07, 6.45) is 2.48. The van der Waals surface area contributed by atoms with Crippen LogP contribution in [0.4, 0.5) is 26.0 Å². The van der Waals surface area contributed by atoms with Gasteiger partial charge in [0.05, 0.1) is 12.4 Å². The maximum Gasteiger partial charge on any atom is 0.275 e. The Balaban J connectivity index is 1.68. The van der Waals surface area contributed by atoms with E-state index in [1.54, 1.807) is 0 Å². The second kappa shape index (κ2) is 7.72. The molecule has 0 unspecified atom stereocenters. The summed E-state index contributed by atoms with van der Waals surface area (Å²) in [7, 11) is 0. The van der Waals surface area contributed by atoms with Crippen molar-refractivity contribution in [2.75, 3.05) is 10.6 Å². The van der Waals surface area contributed by atoms with Gasteiger partial charge in [-0.05, 0) is 35.2 Å². The van der Waals surface area contributed by atoms with Crippen molar-refractivity contribution in [1.82, 2.24) is 9.97 Å². The third-order valence-electron chi connectivity index (χ3n) is 4.11. The maximum absolute atomic E-state index is 13.7. The molecule has 1 heterocycles. The Hall–Kier alpha value is -3.35. The molecule has 28 heavy (non-hydrogen) atoms. The number of aromatic nitrogens is 2. The van der Waals surface area contributed by atoms with E-state index in [1.165, 1.54) is 18.5 Å². The minimum atomic E-state index is -0.748. The molecule has 2 aromatic carbocycles. The second-order valence-electron chi connectivity index (χ2n) is 7.29. The van der Waals surface area contributed by atoms with Gasteiger partial charge in [0.25, 0.3) is 5.91 Å².